The lowest BCUT2D eigenvalue weighted by molar-refractivity contribution is -0.125. The SMILES string of the molecule is CC(F)C(=O)NC[C@@H]1CNCCO[C@H]1c1ccc(Cl)c(F)c1. The molecular formula is C15H19ClF2N2O2. The van der Waals surface area contributed by atoms with Gasteiger partial charge in [0.2, 0.25) is 0 Å². The zero-order chi connectivity index (χ0) is 16.1. The molecule has 0 bridgehead atoms. The standard InChI is InChI=1S/C15H19ClF2N2O2/c1-9(17)15(21)20-8-11-7-19-4-5-22-14(11)10-2-3-12(16)13(18)6-10/h2-3,6,9,11,14,19H,4-5,7-8H2,1H3,(H,20,21)/t9?,11-,14-/m0/s1. The summed E-state index contributed by atoms with van der Waals surface area (Å²) < 4.78 is 32.4. The number of halogens is 3. The van der Waals surface area contributed by atoms with E-state index in [0.29, 0.717) is 25.3 Å². The van der Waals surface area contributed by atoms with Crippen LogP contribution < -0.4 is 10.6 Å². The number of amides is 1. The Hall–Kier alpha value is -1.24. The summed E-state index contributed by atoms with van der Waals surface area (Å²) in [7, 11) is 0. The summed E-state index contributed by atoms with van der Waals surface area (Å²) >= 11 is 5.70. The third-order valence-corrected chi connectivity index (χ3v) is 3.89. The number of carbonyl (C=O) groups excluding carboxylic acids is 1. The van der Waals surface area contributed by atoms with Gasteiger partial charge in [0, 0.05) is 25.6 Å². The molecule has 0 aliphatic carbocycles. The maximum Gasteiger partial charge on any atom is 0.254 e. The van der Waals surface area contributed by atoms with Gasteiger partial charge in [0.15, 0.2) is 6.17 Å². The van der Waals surface area contributed by atoms with E-state index in [1.807, 2.05) is 0 Å². The van der Waals surface area contributed by atoms with Crippen LogP contribution >= 0.6 is 11.6 Å². The average Bonchev–Trinajstić information content (AvgIpc) is 2.73. The minimum absolute atomic E-state index is 0.0478. The average molecular weight is 333 g/mol. The van der Waals surface area contributed by atoms with Crippen molar-refractivity contribution in [2.75, 3.05) is 26.2 Å². The molecule has 0 saturated carbocycles. The van der Waals surface area contributed by atoms with E-state index in [9.17, 15) is 13.6 Å². The Kier molecular flexibility index (Phi) is 6.11. The quantitative estimate of drug-likeness (QED) is 0.889. The number of nitrogens with one attached hydrogen (secondary N) is 2. The highest BCUT2D eigenvalue weighted by molar-refractivity contribution is 6.30. The van der Waals surface area contributed by atoms with E-state index in [4.69, 9.17) is 16.3 Å². The topological polar surface area (TPSA) is 50.4 Å². The fraction of sp³-hybridized carbons (Fsp3) is 0.533. The zero-order valence-electron chi connectivity index (χ0n) is 12.2. The summed E-state index contributed by atoms with van der Waals surface area (Å²) in [6.07, 6.45) is -1.96. The van der Waals surface area contributed by atoms with Crippen LogP contribution in [0.2, 0.25) is 5.02 Å². The predicted octanol–water partition coefficient (Wildman–Crippen LogP) is 2.23. The van der Waals surface area contributed by atoms with Gasteiger partial charge in [0.05, 0.1) is 17.7 Å². The zero-order valence-corrected chi connectivity index (χ0v) is 13.0. The largest absolute Gasteiger partial charge is 0.372 e. The highest BCUT2D eigenvalue weighted by Crippen LogP contribution is 2.29. The normalized spacial score (nSPS) is 23.6. The summed E-state index contributed by atoms with van der Waals surface area (Å²) in [5, 5.41) is 5.79. The number of hydrogen-bond acceptors (Lipinski definition) is 3. The van der Waals surface area contributed by atoms with E-state index in [-0.39, 0.29) is 17.5 Å². The molecule has 1 fully saturated rings. The number of carbonyl (C=O) groups is 1. The van der Waals surface area contributed by atoms with Crippen LogP contribution in [0.15, 0.2) is 18.2 Å². The molecule has 3 atom stereocenters. The molecule has 4 nitrogen and oxygen atoms in total. The molecule has 1 saturated heterocycles. The van der Waals surface area contributed by atoms with Crippen molar-refractivity contribution in [1.82, 2.24) is 10.6 Å². The van der Waals surface area contributed by atoms with Crippen LogP contribution in [0.4, 0.5) is 8.78 Å². The minimum Gasteiger partial charge on any atom is -0.372 e. The summed E-state index contributed by atoms with van der Waals surface area (Å²) in [6, 6.07) is 4.52. The van der Waals surface area contributed by atoms with E-state index in [0.717, 1.165) is 0 Å². The summed E-state index contributed by atoms with van der Waals surface area (Å²) in [6.45, 7) is 3.14. The number of hydrogen-bond donors (Lipinski definition) is 2. The Morgan fingerprint density at radius 3 is 3.05 bits per heavy atom. The van der Waals surface area contributed by atoms with Gasteiger partial charge in [-0.2, -0.15) is 0 Å². The first-order valence-corrected chi connectivity index (χ1v) is 7.56. The van der Waals surface area contributed by atoms with Gasteiger partial charge in [0.25, 0.3) is 5.91 Å². The second-order valence-corrected chi connectivity index (χ2v) is 5.70. The monoisotopic (exact) mass is 332 g/mol. The first-order valence-electron chi connectivity index (χ1n) is 7.18. The van der Waals surface area contributed by atoms with Crippen LogP contribution in [0.5, 0.6) is 0 Å². The van der Waals surface area contributed by atoms with Gasteiger partial charge >= 0.3 is 0 Å². The molecule has 1 unspecified atom stereocenters. The van der Waals surface area contributed by atoms with Crippen molar-refractivity contribution in [2.45, 2.75) is 19.2 Å². The molecule has 2 N–H and O–H groups in total. The van der Waals surface area contributed by atoms with Crippen molar-refractivity contribution < 1.29 is 18.3 Å². The molecule has 0 spiro atoms. The number of rotatable bonds is 4. The molecule has 1 aliphatic heterocycles. The van der Waals surface area contributed by atoms with Crippen LogP contribution in [0.25, 0.3) is 0 Å². The van der Waals surface area contributed by atoms with Crippen LogP contribution in [0, 0.1) is 11.7 Å². The second kappa shape index (κ2) is 7.85. The maximum atomic E-state index is 13.7. The lowest BCUT2D eigenvalue weighted by Crippen LogP contribution is -2.39. The molecule has 1 aromatic rings. The van der Waals surface area contributed by atoms with Gasteiger partial charge in [-0.25, -0.2) is 8.78 Å². The third-order valence-electron chi connectivity index (χ3n) is 3.58. The molecular weight excluding hydrogens is 314 g/mol. The van der Waals surface area contributed by atoms with E-state index in [2.05, 4.69) is 10.6 Å². The third kappa shape index (κ3) is 4.38. The number of benzene rings is 1. The fourth-order valence-electron chi connectivity index (χ4n) is 2.40. The fourth-order valence-corrected chi connectivity index (χ4v) is 2.52. The summed E-state index contributed by atoms with van der Waals surface area (Å²) in [4.78, 5) is 11.4. The van der Waals surface area contributed by atoms with Crippen molar-refractivity contribution in [2.24, 2.45) is 5.92 Å². The number of alkyl halides is 1. The lowest BCUT2D eigenvalue weighted by atomic mass is 9.95. The maximum absolute atomic E-state index is 13.7. The van der Waals surface area contributed by atoms with Gasteiger partial charge in [-0.3, -0.25) is 4.79 Å². The second-order valence-electron chi connectivity index (χ2n) is 5.29. The van der Waals surface area contributed by atoms with Gasteiger partial charge < -0.3 is 15.4 Å². The Morgan fingerprint density at radius 1 is 1.59 bits per heavy atom. The van der Waals surface area contributed by atoms with Crippen LogP contribution in [0.1, 0.15) is 18.6 Å². The smallest absolute Gasteiger partial charge is 0.254 e. The highest BCUT2D eigenvalue weighted by atomic mass is 35.5. The van der Waals surface area contributed by atoms with Crippen molar-refractivity contribution in [3.8, 4) is 0 Å². The molecule has 0 aromatic heterocycles. The van der Waals surface area contributed by atoms with Gasteiger partial charge in [0.1, 0.15) is 5.82 Å². The molecule has 1 heterocycles. The van der Waals surface area contributed by atoms with Crippen LogP contribution in [0.3, 0.4) is 0 Å². The summed E-state index contributed by atoms with van der Waals surface area (Å²) in [5.41, 5.74) is 0.651. The van der Waals surface area contributed by atoms with Crippen molar-refractivity contribution in [3.63, 3.8) is 0 Å². The molecule has 1 aromatic carbocycles. The van der Waals surface area contributed by atoms with E-state index in [1.165, 1.54) is 19.1 Å². The molecule has 2 rings (SSSR count). The Bertz CT molecular complexity index is 528. The molecule has 0 radical (unpaired) electrons. The number of ether oxygens (including phenoxy) is 1. The first kappa shape index (κ1) is 17.1. The molecule has 122 valence electrons. The van der Waals surface area contributed by atoms with Crippen molar-refractivity contribution in [1.29, 1.82) is 0 Å². The van der Waals surface area contributed by atoms with Gasteiger partial charge in [-0.05, 0) is 24.6 Å². The van der Waals surface area contributed by atoms with E-state index in [1.54, 1.807) is 6.07 Å². The van der Waals surface area contributed by atoms with E-state index >= 15 is 0 Å². The Labute approximate surface area is 133 Å². The van der Waals surface area contributed by atoms with Crippen LogP contribution in [-0.2, 0) is 9.53 Å². The predicted molar refractivity (Wildman–Crippen MR) is 80.0 cm³/mol. The molecule has 7 heteroatoms. The van der Waals surface area contributed by atoms with E-state index < -0.39 is 24.0 Å². The first-order chi connectivity index (χ1) is 10.5. The lowest BCUT2D eigenvalue weighted by Gasteiger charge is -2.25. The molecule has 1 aliphatic rings. The van der Waals surface area contributed by atoms with Gasteiger partial charge in [-0.1, -0.05) is 17.7 Å². The molecule has 1 amide bonds. The van der Waals surface area contributed by atoms with Crippen molar-refractivity contribution in [3.05, 3.63) is 34.6 Å². The van der Waals surface area contributed by atoms with Crippen molar-refractivity contribution >= 4 is 17.5 Å². The Balaban J connectivity index is 2.13. The van der Waals surface area contributed by atoms with Gasteiger partial charge in [-0.15, -0.1) is 0 Å². The molecule has 22 heavy (non-hydrogen) atoms. The highest BCUT2D eigenvalue weighted by Gasteiger charge is 2.27. The Morgan fingerprint density at radius 2 is 2.36 bits per heavy atom. The minimum atomic E-state index is -1.56. The summed E-state index contributed by atoms with van der Waals surface area (Å²) in [5.74, 6) is -1.31. The van der Waals surface area contributed by atoms with Crippen LogP contribution in [-0.4, -0.2) is 38.3 Å².